The fraction of sp³-hybridized carbons (Fsp3) is 0.429. The summed E-state index contributed by atoms with van der Waals surface area (Å²) in [4.78, 5) is 0. The van der Waals surface area contributed by atoms with Gasteiger partial charge in [0.05, 0.1) is 0 Å². The van der Waals surface area contributed by atoms with E-state index >= 15 is 0 Å². The van der Waals surface area contributed by atoms with Crippen LogP contribution in [0.3, 0.4) is 0 Å². The molecule has 0 fully saturated rings. The Kier molecular flexibility index (Phi) is 4.91. The monoisotopic (exact) mass is 450 g/mol. The van der Waals surface area contributed by atoms with E-state index in [-0.39, 0.29) is 10.8 Å². The van der Waals surface area contributed by atoms with Crippen LogP contribution >= 0.6 is 0 Å². The second kappa shape index (κ2) is 6.67. The van der Waals surface area contributed by atoms with Crippen LogP contribution in [0.25, 0.3) is 11.1 Å². The van der Waals surface area contributed by atoms with E-state index in [4.69, 9.17) is 0 Å². The fourth-order valence-electron chi connectivity index (χ4n) is 5.49. The van der Waals surface area contributed by atoms with Gasteiger partial charge in [0.25, 0.3) is 0 Å². The molecule has 0 amide bonds. The first kappa shape index (κ1) is 22.1. The normalized spacial score (nSPS) is 16.5. The summed E-state index contributed by atoms with van der Waals surface area (Å²) in [6, 6.07) is 12.1. The molecule has 0 aromatic heterocycles. The van der Waals surface area contributed by atoms with Gasteiger partial charge in [0.2, 0.25) is 0 Å². The average molecular weight is 451 g/mol. The van der Waals surface area contributed by atoms with Crippen molar-refractivity contribution in [1.29, 1.82) is 0 Å². The van der Waals surface area contributed by atoms with Crippen LogP contribution in [0.4, 0.5) is 0 Å². The van der Waals surface area contributed by atoms with Gasteiger partial charge in [-0.25, -0.2) is 0 Å². The predicted molar refractivity (Wildman–Crippen MR) is 134 cm³/mol. The van der Waals surface area contributed by atoms with Crippen molar-refractivity contribution in [1.82, 2.24) is 0 Å². The molecule has 0 N–H and O–H groups in total. The van der Waals surface area contributed by atoms with Crippen molar-refractivity contribution in [2.45, 2.75) is 75.7 Å². The molecule has 0 radical (unpaired) electrons. The Hall–Kier alpha value is -1.15. The quantitative estimate of drug-likeness (QED) is 0.383. The van der Waals surface area contributed by atoms with Crippen LogP contribution in [0.1, 0.15) is 70.2 Å². The minimum absolute atomic E-state index is 0.152. The number of hydrogen-bond acceptors (Lipinski definition) is 0. The second-order valence-corrected chi connectivity index (χ2v) is 31.5. The van der Waals surface area contributed by atoms with Crippen LogP contribution in [0.5, 0.6) is 0 Å². The van der Waals surface area contributed by atoms with Crippen molar-refractivity contribution in [3.8, 4) is 11.1 Å². The summed E-state index contributed by atoms with van der Waals surface area (Å²) in [7, 11) is 2.37. The molecule has 2 aromatic carbocycles. The second-order valence-electron chi connectivity index (χ2n) is 12.6. The Bertz CT molecular complexity index is 1170. The van der Waals surface area contributed by atoms with Crippen molar-refractivity contribution >= 4 is 11.5 Å². The van der Waals surface area contributed by atoms with Gasteiger partial charge in [0.15, 0.2) is 0 Å². The molecule has 2 aliphatic rings. The van der Waals surface area contributed by atoms with Crippen LogP contribution in [0, 0.1) is 0 Å². The third-order valence-corrected chi connectivity index (χ3v) is 17.9. The summed E-state index contributed by atoms with van der Waals surface area (Å²) in [5.41, 5.74) is 9.48. The molecule has 0 saturated heterocycles. The number of rotatable bonds is 2. The first-order valence-electron chi connectivity index (χ1n) is 11.4. The predicted octanol–water partition coefficient (Wildman–Crippen LogP) is 6.66. The van der Waals surface area contributed by atoms with Gasteiger partial charge in [-0.05, 0) is 0 Å². The van der Waals surface area contributed by atoms with E-state index < -0.39 is 14.0 Å². The Morgan fingerprint density at radius 3 is 2.10 bits per heavy atom. The molecule has 0 nitrogen and oxygen atoms in total. The topological polar surface area (TPSA) is 0 Å². The Morgan fingerprint density at radius 1 is 0.867 bits per heavy atom. The van der Waals surface area contributed by atoms with Crippen LogP contribution in [-0.4, -0.2) is 7.63 Å². The molecule has 0 spiro atoms. The molecular weight excluding hydrogens is 412 g/mol. The number of allylic oxidation sites excluding steroid dienone is 4. The van der Waals surface area contributed by atoms with Gasteiger partial charge >= 0.3 is 187 Å². The molecule has 2 aromatic rings. The molecule has 0 saturated carbocycles. The van der Waals surface area contributed by atoms with Crippen molar-refractivity contribution in [2.24, 2.45) is 0 Å². The summed E-state index contributed by atoms with van der Waals surface area (Å²) in [6.07, 6.45) is 9.30. The Balaban J connectivity index is 2.00. The van der Waals surface area contributed by atoms with Crippen molar-refractivity contribution in [3.63, 3.8) is 0 Å². The molecule has 0 unspecified atom stereocenters. The summed E-state index contributed by atoms with van der Waals surface area (Å²) in [5.74, 6) is 0. The SMILES string of the molecule is CC(C)(C)c1ccc2c(c1)Cc1c-2ccc(C(C)(C)C)[c]1[Ti]([CH3])([CH3])(=[SiH2])[C]1=CC=CC1. The molecule has 30 heavy (non-hydrogen) atoms. The number of fused-ring (bicyclic) bond motifs is 3. The maximum atomic E-state index is 2.66. The average Bonchev–Trinajstić information content (AvgIpc) is 3.26. The summed E-state index contributed by atoms with van der Waals surface area (Å²) >= 11 is -3.07. The van der Waals surface area contributed by atoms with E-state index in [0.29, 0.717) is 0 Å². The van der Waals surface area contributed by atoms with Gasteiger partial charge in [0, 0.05) is 0 Å². The number of benzene rings is 2. The van der Waals surface area contributed by atoms with E-state index in [9.17, 15) is 0 Å². The summed E-state index contributed by atoms with van der Waals surface area (Å²) in [5, 5.41) is 5.31. The minimum atomic E-state index is -3.07. The van der Waals surface area contributed by atoms with E-state index in [1.54, 1.807) is 18.9 Å². The third kappa shape index (κ3) is 3.48. The Morgan fingerprint density at radius 2 is 1.53 bits per heavy atom. The zero-order valence-corrected chi connectivity index (χ0v) is 23.2. The zero-order valence-electron chi connectivity index (χ0n) is 20.2. The fourth-order valence-corrected chi connectivity index (χ4v) is 14.8. The van der Waals surface area contributed by atoms with E-state index in [0.717, 1.165) is 12.8 Å². The van der Waals surface area contributed by atoms with E-state index in [2.05, 4.69) is 108 Å². The molecule has 0 aliphatic heterocycles. The maximum absolute atomic E-state index is 3.07. The third-order valence-electron chi connectivity index (χ3n) is 7.35. The van der Waals surface area contributed by atoms with Crippen LogP contribution in [0.2, 0.25) is 10.5 Å². The summed E-state index contributed by atoms with van der Waals surface area (Å²) < 4.78 is 3.47. The molecule has 158 valence electrons. The number of hydrogen-bond donors (Lipinski definition) is 0. The molecule has 0 heterocycles. The van der Waals surface area contributed by atoms with Crippen LogP contribution < -0.4 is 3.87 Å². The summed E-state index contributed by atoms with van der Waals surface area (Å²) in [6.45, 7) is 14.1. The molecule has 2 aliphatic carbocycles. The van der Waals surface area contributed by atoms with Crippen LogP contribution in [0.15, 0.2) is 52.4 Å². The first-order valence-corrected chi connectivity index (χ1v) is 20.1. The van der Waals surface area contributed by atoms with Crippen molar-refractivity contribution in [2.75, 3.05) is 0 Å². The van der Waals surface area contributed by atoms with Crippen LogP contribution in [-0.2, 0) is 31.3 Å². The molecule has 0 bridgehead atoms. The van der Waals surface area contributed by atoms with Gasteiger partial charge < -0.3 is 0 Å². The zero-order chi connectivity index (χ0) is 22.1. The van der Waals surface area contributed by atoms with E-state index in [1.165, 1.54) is 22.3 Å². The van der Waals surface area contributed by atoms with Gasteiger partial charge in [-0.15, -0.1) is 0 Å². The first-order chi connectivity index (χ1) is 13.7. The molecule has 2 heteroatoms. The van der Waals surface area contributed by atoms with Crippen molar-refractivity contribution in [3.05, 3.63) is 74.7 Å². The van der Waals surface area contributed by atoms with E-state index in [1.807, 2.05) is 0 Å². The van der Waals surface area contributed by atoms with Crippen molar-refractivity contribution < 1.29 is 14.0 Å². The van der Waals surface area contributed by atoms with Gasteiger partial charge in [-0.1, -0.05) is 0 Å². The van der Waals surface area contributed by atoms with Gasteiger partial charge in [0.1, 0.15) is 0 Å². The molecular formula is C28H38SiTi. The Labute approximate surface area is 186 Å². The van der Waals surface area contributed by atoms with Gasteiger partial charge in [-0.2, -0.15) is 0 Å². The standard InChI is InChI=1S/C21H25.C5H5.2CH3.H2Si.Ti/c1-20(2,3)16-7-9-18-14(12-16)11-15-13-17(21(4,5)6)8-10-19(15)18;1-2-4-5-3-1;;;;/h7-10,12H,11H2,1-6H3;1-3H,4H2;2*1H3;1H2;. The molecule has 4 rings (SSSR count). The molecule has 0 atom stereocenters. The van der Waals surface area contributed by atoms with Gasteiger partial charge in [-0.3, -0.25) is 0 Å².